The summed E-state index contributed by atoms with van der Waals surface area (Å²) < 4.78 is 17.8. The summed E-state index contributed by atoms with van der Waals surface area (Å²) in [5, 5.41) is 19.6. The van der Waals surface area contributed by atoms with E-state index in [1.54, 1.807) is 19.2 Å². The Labute approximate surface area is 173 Å². The lowest BCUT2D eigenvalue weighted by Gasteiger charge is -2.27. The van der Waals surface area contributed by atoms with E-state index in [9.17, 15) is 9.59 Å². The van der Waals surface area contributed by atoms with Gasteiger partial charge in [0, 0.05) is 20.7 Å². The molecule has 30 heavy (non-hydrogen) atoms. The summed E-state index contributed by atoms with van der Waals surface area (Å²) in [4.78, 5) is 27.0. The Balaban J connectivity index is 1.67. The van der Waals surface area contributed by atoms with Gasteiger partial charge in [-0.1, -0.05) is 5.21 Å². The number of carboxylic acids is 1. The van der Waals surface area contributed by atoms with Crippen LogP contribution in [0, 0.1) is 12.8 Å². The number of rotatable bonds is 7. The summed E-state index contributed by atoms with van der Waals surface area (Å²) in [6.07, 6.45) is -0.147. The first-order chi connectivity index (χ1) is 14.4. The number of hydrogen-bond donors (Lipinski definition) is 2. The van der Waals surface area contributed by atoms with Gasteiger partial charge in [-0.05, 0) is 37.8 Å². The van der Waals surface area contributed by atoms with E-state index >= 15 is 0 Å². The zero-order chi connectivity index (χ0) is 21.7. The fourth-order valence-corrected chi connectivity index (χ4v) is 3.17. The number of pyridine rings is 1. The third kappa shape index (κ3) is 5.03. The number of carbonyl (C=O) groups is 2. The molecule has 0 bridgehead atoms. The predicted octanol–water partition coefficient (Wildman–Crippen LogP) is 1.30. The number of hydrogen-bond acceptors (Lipinski definition) is 8. The van der Waals surface area contributed by atoms with Crippen LogP contribution in [0.2, 0.25) is 0 Å². The van der Waals surface area contributed by atoms with Gasteiger partial charge in [0.1, 0.15) is 23.7 Å². The van der Waals surface area contributed by atoms with E-state index in [1.165, 1.54) is 11.7 Å². The van der Waals surface area contributed by atoms with Crippen LogP contribution in [0.15, 0.2) is 12.1 Å². The van der Waals surface area contributed by atoms with Gasteiger partial charge in [-0.3, -0.25) is 0 Å². The molecule has 0 unspecified atom stereocenters. The van der Waals surface area contributed by atoms with Crippen molar-refractivity contribution in [2.45, 2.75) is 32.5 Å². The number of aryl methyl sites for hydroxylation is 2. The van der Waals surface area contributed by atoms with Crippen LogP contribution in [-0.2, 0) is 27.9 Å². The van der Waals surface area contributed by atoms with Gasteiger partial charge >= 0.3 is 12.1 Å². The van der Waals surface area contributed by atoms with Gasteiger partial charge in [0.15, 0.2) is 6.10 Å². The van der Waals surface area contributed by atoms with Crippen molar-refractivity contribution in [3.63, 3.8) is 0 Å². The zero-order valence-electron chi connectivity index (χ0n) is 17.1. The molecule has 162 valence electrons. The third-order valence-electron chi connectivity index (χ3n) is 4.91. The lowest BCUT2D eigenvalue weighted by atomic mass is 9.96. The minimum Gasteiger partial charge on any atom is -0.491 e. The summed E-state index contributed by atoms with van der Waals surface area (Å²) in [5.41, 5.74) is 2.38. The van der Waals surface area contributed by atoms with Gasteiger partial charge in [0.2, 0.25) is 0 Å². The number of ether oxygens (including phenoxy) is 3. The van der Waals surface area contributed by atoms with Crippen molar-refractivity contribution in [1.82, 2.24) is 25.3 Å². The fraction of sp³-hybridized carbons (Fsp3) is 0.526. The molecule has 2 N–H and O–H groups in total. The number of carboxylic acid groups (broad SMARTS) is 1. The summed E-state index contributed by atoms with van der Waals surface area (Å²) in [7, 11) is 3.19. The molecule has 3 heterocycles. The van der Waals surface area contributed by atoms with Crippen LogP contribution in [0.4, 0.5) is 4.79 Å². The molecule has 11 heteroatoms. The first-order valence-corrected chi connectivity index (χ1v) is 9.57. The van der Waals surface area contributed by atoms with Crippen LogP contribution in [0.5, 0.6) is 5.75 Å². The van der Waals surface area contributed by atoms with Crippen molar-refractivity contribution < 1.29 is 28.9 Å². The molecule has 1 aliphatic rings. The van der Waals surface area contributed by atoms with Gasteiger partial charge in [0.05, 0.1) is 18.0 Å². The van der Waals surface area contributed by atoms with Gasteiger partial charge in [-0.25, -0.2) is 19.3 Å². The molecular weight excluding hydrogens is 394 g/mol. The lowest BCUT2D eigenvalue weighted by Crippen LogP contribution is -2.34. The number of aromatic nitrogens is 4. The fourth-order valence-electron chi connectivity index (χ4n) is 3.17. The number of aliphatic carboxylic acids is 1. The van der Waals surface area contributed by atoms with Crippen molar-refractivity contribution in [3.05, 3.63) is 23.5 Å². The summed E-state index contributed by atoms with van der Waals surface area (Å²) in [5.74, 6) is -0.223. The van der Waals surface area contributed by atoms with Gasteiger partial charge in [-0.15, -0.1) is 5.10 Å². The Morgan fingerprint density at radius 1 is 1.40 bits per heavy atom. The maximum atomic E-state index is 11.4. The van der Waals surface area contributed by atoms with Crippen LogP contribution in [-0.4, -0.2) is 63.5 Å². The second kappa shape index (κ2) is 9.53. The lowest BCUT2D eigenvalue weighted by molar-refractivity contribution is -0.155. The van der Waals surface area contributed by atoms with Gasteiger partial charge in [-0.2, -0.15) is 0 Å². The number of nitrogens with one attached hydrogen (secondary N) is 1. The van der Waals surface area contributed by atoms with E-state index in [2.05, 4.69) is 20.6 Å². The van der Waals surface area contributed by atoms with E-state index in [-0.39, 0.29) is 12.5 Å². The maximum absolute atomic E-state index is 11.4. The van der Waals surface area contributed by atoms with Crippen LogP contribution in [0.1, 0.15) is 24.2 Å². The SMILES string of the molecule is CNC(=O)OCc1c(-c2ccc(OC[C@H]3CCO[C@H](C(=O)O)C3)c(C)n2)nnn1C. The summed E-state index contributed by atoms with van der Waals surface area (Å²) in [6.45, 7) is 2.63. The number of nitrogens with zero attached hydrogens (tertiary/aromatic N) is 4. The van der Waals surface area contributed by atoms with Crippen LogP contribution < -0.4 is 10.1 Å². The Hall–Kier alpha value is -3.21. The molecule has 11 nitrogen and oxygen atoms in total. The van der Waals surface area contributed by atoms with Crippen LogP contribution in [0.25, 0.3) is 11.4 Å². The second-order valence-corrected chi connectivity index (χ2v) is 7.01. The summed E-state index contributed by atoms with van der Waals surface area (Å²) in [6, 6.07) is 3.56. The standard InChI is InChI=1S/C19H25N5O6/c1-11-15(29-9-12-6-7-28-16(8-12)18(25)26)5-4-13(21-11)17-14(24(3)23-22-17)10-30-19(27)20-2/h4-5,12,16H,6-10H2,1-3H3,(H,20,27)(H,25,26)/t12-,16-/m0/s1. The highest BCUT2D eigenvalue weighted by Crippen LogP contribution is 2.26. The topological polar surface area (TPSA) is 138 Å². The van der Waals surface area contributed by atoms with E-state index < -0.39 is 18.2 Å². The van der Waals surface area contributed by atoms with Gasteiger partial charge in [0.25, 0.3) is 0 Å². The Kier molecular flexibility index (Phi) is 6.83. The Morgan fingerprint density at radius 3 is 2.90 bits per heavy atom. The molecule has 0 saturated carbocycles. The molecule has 1 saturated heterocycles. The number of amides is 1. The smallest absolute Gasteiger partial charge is 0.407 e. The minimum atomic E-state index is -0.943. The molecule has 0 aromatic carbocycles. The second-order valence-electron chi connectivity index (χ2n) is 7.01. The first kappa shape index (κ1) is 21.5. The molecule has 1 amide bonds. The molecule has 2 aromatic heterocycles. The van der Waals surface area contributed by atoms with Crippen molar-refractivity contribution >= 4 is 12.1 Å². The predicted molar refractivity (Wildman–Crippen MR) is 104 cm³/mol. The highest BCUT2D eigenvalue weighted by atomic mass is 16.5. The van der Waals surface area contributed by atoms with Crippen molar-refractivity contribution in [2.24, 2.45) is 13.0 Å². The number of carbonyl (C=O) groups excluding carboxylic acids is 1. The first-order valence-electron chi connectivity index (χ1n) is 9.57. The van der Waals surface area contributed by atoms with Crippen molar-refractivity contribution in [2.75, 3.05) is 20.3 Å². The molecule has 2 atom stereocenters. The van der Waals surface area contributed by atoms with Crippen molar-refractivity contribution in [1.29, 1.82) is 0 Å². The average molecular weight is 419 g/mol. The van der Waals surface area contributed by atoms with Crippen LogP contribution in [0.3, 0.4) is 0 Å². The Morgan fingerprint density at radius 2 is 2.20 bits per heavy atom. The molecular formula is C19H25N5O6. The molecule has 0 radical (unpaired) electrons. The Bertz CT molecular complexity index is 915. The largest absolute Gasteiger partial charge is 0.491 e. The minimum absolute atomic E-state index is 0.00593. The van der Waals surface area contributed by atoms with Crippen molar-refractivity contribution in [3.8, 4) is 17.1 Å². The monoisotopic (exact) mass is 419 g/mol. The third-order valence-corrected chi connectivity index (χ3v) is 4.91. The quantitative estimate of drug-likeness (QED) is 0.680. The molecule has 1 aliphatic heterocycles. The maximum Gasteiger partial charge on any atom is 0.407 e. The van der Waals surface area contributed by atoms with Gasteiger partial charge < -0.3 is 24.6 Å². The van der Waals surface area contributed by atoms with Crippen LogP contribution >= 0.6 is 0 Å². The molecule has 1 fully saturated rings. The molecule has 2 aromatic rings. The summed E-state index contributed by atoms with van der Waals surface area (Å²) >= 11 is 0. The van der Waals surface area contributed by atoms with E-state index in [0.717, 1.165) is 6.42 Å². The normalized spacial score (nSPS) is 18.6. The zero-order valence-corrected chi connectivity index (χ0v) is 17.1. The molecule has 3 rings (SSSR count). The van der Waals surface area contributed by atoms with E-state index in [1.807, 2.05) is 6.92 Å². The number of alkyl carbamates (subject to hydrolysis) is 1. The highest BCUT2D eigenvalue weighted by molar-refractivity contribution is 5.72. The van der Waals surface area contributed by atoms with E-state index in [4.69, 9.17) is 19.3 Å². The average Bonchev–Trinajstić information content (AvgIpc) is 3.11. The van der Waals surface area contributed by atoms with E-state index in [0.29, 0.717) is 48.2 Å². The highest BCUT2D eigenvalue weighted by Gasteiger charge is 2.28. The molecule has 0 spiro atoms. The molecule has 0 aliphatic carbocycles.